The Balaban J connectivity index is 1.79. The van der Waals surface area contributed by atoms with Crippen LogP contribution in [0.3, 0.4) is 0 Å². The molecule has 3 aliphatic rings. The third-order valence-electron chi connectivity index (χ3n) is 7.97. The van der Waals surface area contributed by atoms with Gasteiger partial charge in [0.1, 0.15) is 17.3 Å². The minimum atomic E-state index is -0.700. The van der Waals surface area contributed by atoms with Crippen molar-refractivity contribution in [2.45, 2.75) is 38.7 Å². The van der Waals surface area contributed by atoms with E-state index >= 15 is 0 Å². The maximum Gasteiger partial charge on any atom is 0.319 e. The van der Waals surface area contributed by atoms with Gasteiger partial charge in [-0.25, -0.2) is 0 Å². The molecular formula is C32H35NO6. The van der Waals surface area contributed by atoms with E-state index in [9.17, 15) is 9.59 Å². The molecule has 5 rings (SSSR count). The second-order valence-electron chi connectivity index (χ2n) is 10.0. The molecule has 0 N–H and O–H groups in total. The van der Waals surface area contributed by atoms with Crippen molar-refractivity contribution in [3.63, 3.8) is 0 Å². The molecule has 39 heavy (non-hydrogen) atoms. The first-order valence-corrected chi connectivity index (χ1v) is 13.4. The van der Waals surface area contributed by atoms with Gasteiger partial charge in [-0.15, -0.1) is 0 Å². The molecule has 0 saturated carbocycles. The molecule has 7 nitrogen and oxygen atoms in total. The second-order valence-corrected chi connectivity index (χ2v) is 10.0. The van der Waals surface area contributed by atoms with Gasteiger partial charge < -0.3 is 23.8 Å². The van der Waals surface area contributed by atoms with E-state index < -0.39 is 11.5 Å². The number of hydrogen-bond acceptors (Lipinski definition) is 7. The Labute approximate surface area is 229 Å². The Kier molecular flexibility index (Phi) is 7.36. The highest BCUT2D eigenvalue weighted by molar-refractivity contribution is 6.03. The molecule has 0 aromatic heterocycles. The second kappa shape index (κ2) is 10.7. The molecule has 0 amide bonds. The fraction of sp³-hybridized carbons (Fsp3) is 0.375. The third kappa shape index (κ3) is 4.55. The lowest BCUT2D eigenvalue weighted by Gasteiger charge is -2.38. The molecule has 2 unspecified atom stereocenters. The van der Waals surface area contributed by atoms with Gasteiger partial charge >= 0.3 is 11.9 Å². The molecule has 2 aliphatic heterocycles. The Morgan fingerprint density at radius 1 is 1.08 bits per heavy atom. The topological polar surface area (TPSA) is 74.3 Å². The van der Waals surface area contributed by atoms with Crippen LogP contribution in [0.5, 0.6) is 0 Å². The predicted molar refractivity (Wildman–Crippen MR) is 149 cm³/mol. The third-order valence-corrected chi connectivity index (χ3v) is 7.97. The molecule has 0 spiro atoms. The molecule has 7 heteroatoms. The summed E-state index contributed by atoms with van der Waals surface area (Å²) in [6, 6.07) is 14.3. The van der Waals surface area contributed by atoms with Gasteiger partial charge in [0.05, 0.1) is 27.2 Å². The number of allylic oxidation sites excluding steroid dienone is 3. The fourth-order valence-corrected chi connectivity index (χ4v) is 6.07. The normalized spacial score (nSPS) is 22.3. The molecule has 2 atom stereocenters. The molecule has 204 valence electrons. The maximum absolute atomic E-state index is 13.9. The smallest absolute Gasteiger partial charge is 0.319 e. The van der Waals surface area contributed by atoms with Gasteiger partial charge in [0.25, 0.3) is 0 Å². The minimum Gasteiger partial charge on any atom is -0.498 e. The van der Waals surface area contributed by atoms with Gasteiger partial charge in [0.2, 0.25) is 0 Å². The number of fused-ring (bicyclic) bond motifs is 3. The number of carbonyl (C=O) groups is 2. The predicted octanol–water partition coefficient (Wildman–Crippen LogP) is 5.53. The van der Waals surface area contributed by atoms with Crippen molar-refractivity contribution in [2.24, 2.45) is 5.92 Å². The molecule has 0 bridgehead atoms. The highest BCUT2D eigenvalue weighted by atomic mass is 16.5. The molecule has 0 radical (unpaired) electrons. The van der Waals surface area contributed by atoms with Crippen LogP contribution in [0, 0.1) is 5.92 Å². The zero-order valence-electron chi connectivity index (χ0n) is 23.2. The van der Waals surface area contributed by atoms with E-state index in [4.69, 9.17) is 18.9 Å². The lowest BCUT2D eigenvalue weighted by atomic mass is 9.80. The van der Waals surface area contributed by atoms with Gasteiger partial charge in [0.15, 0.2) is 0 Å². The Hall–Kier alpha value is -3.84. The summed E-state index contributed by atoms with van der Waals surface area (Å²) in [6.07, 6.45) is 5.49. The Bertz CT molecular complexity index is 1440. The molecule has 0 saturated heterocycles. The van der Waals surface area contributed by atoms with Gasteiger partial charge in [-0.2, -0.15) is 0 Å². The van der Waals surface area contributed by atoms with Crippen LogP contribution in [0.4, 0.5) is 0 Å². The van der Waals surface area contributed by atoms with Gasteiger partial charge in [-0.1, -0.05) is 42.5 Å². The standard InChI is InChI=1S/C32H35NO6/c1-6-39-31(35)29-28(23-13-9-11-20-10-7-8-12-22(20)23)25(14-15-27(34)37-4)33-17-16-21-19-32(2,38-5)26(36-3)18-24(21)30(29)33/h7-13,18-19,29H,6,14-17H2,1-5H3. The number of carbonyl (C=O) groups excluding carboxylic acids is 2. The van der Waals surface area contributed by atoms with E-state index in [2.05, 4.69) is 35.2 Å². The maximum atomic E-state index is 13.9. The lowest BCUT2D eigenvalue weighted by molar-refractivity contribution is -0.145. The molecular weight excluding hydrogens is 494 g/mol. The average molecular weight is 530 g/mol. The van der Waals surface area contributed by atoms with Crippen LogP contribution in [0.15, 0.2) is 82.9 Å². The number of rotatable bonds is 8. The molecule has 2 heterocycles. The van der Waals surface area contributed by atoms with Crippen molar-refractivity contribution in [3.05, 3.63) is 88.5 Å². The minimum absolute atomic E-state index is 0.207. The first kappa shape index (κ1) is 26.8. The summed E-state index contributed by atoms with van der Waals surface area (Å²) in [5, 5.41) is 2.13. The lowest BCUT2D eigenvalue weighted by Crippen LogP contribution is -2.36. The number of esters is 2. The molecule has 2 aromatic carbocycles. The van der Waals surface area contributed by atoms with Crippen LogP contribution in [0.1, 0.15) is 38.7 Å². The quantitative estimate of drug-likeness (QED) is 0.416. The summed E-state index contributed by atoms with van der Waals surface area (Å²) in [4.78, 5) is 28.4. The zero-order valence-corrected chi connectivity index (χ0v) is 23.2. The van der Waals surface area contributed by atoms with E-state index in [0.29, 0.717) is 18.7 Å². The summed E-state index contributed by atoms with van der Waals surface area (Å²) in [5.74, 6) is -0.602. The van der Waals surface area contributed by atoms with Gasteiger partial charge in [-0.3, -0.25) is 9.59 Å². The number of nitrogens with zero attached hydrogens (tertiary/aromatic N) is 1. The van der Waals surface area contributed by atoms with Crippen molar-refractivity contribution in [3.8, 4) is 0 Å². The number of methoxy groups -OCH3 is 3. The van der Waals surface area contributed by atoms with Crippen LogP contribution in [-0.2, 0) is 28.5 Å². The molecule has 1 aliphatic carbocycles. The number of hydrogen-bond donors (Lipinski definition) is 0. The van der Waals surface area contributed by atoms with Crippen molar-refractivity contribution in [1.82, 2.24) is 4.90 Å². The average Bonchev–Trinajstić information content (AvgIpc) is 3.29. The summed E-state index contributed by atoms with van der Waals surface area (Å²) in [5.41, 5.74) is 5.00. The van der Waals surface area contributed by atoms with E-state index in [-0.39, 0.29) is 25.0 Å². The van der Waals surface area contributed by atoms with Crippen LogP contribution in [0.25, 0.3) is 16.3 Å². The molecule has 2 aromatic rings. The van der Waals surface area contributed by atoms with Crippen molar-refractivity contribution < 1.29 is 28.5 Å². The van der Waals surface area contributed by atoms with Crippen molar-refractivity contribution in [2.75, 3.05) is 34.5 Å². The first-order chi connectivity index (χ1) is 18.9. The Morgan fingerprint density at radius 2 is 1.85 bits per heavy atom. The van der Waals surface area contributed by atoms with Gasteiger partial charge in [-0.05, 0) is 66.3 Å². The van der Waals surface area contributed by atoms with Crippen molar-refractivity contribution >= 4 is 28.3 Å². The van der Waals surface area contributed by atoms with E-state index in [1.807, 2.05) is 38.1 Å². The van der Waals surface area contributed by atoms with E-state index in [1.165, 1.54) is 7.11 Å². The number of benzene rings is 2. The monoisotopic (exact) mass is 529 g/mol. The van der Waals surface area contributed by atoms with Gasteiger partial charge in [0, 0.05) is 30.6 Å². The molecule has 0 fully saturated rings. The largest absolute Gasteiger partial charge is 0.498 e. The van der Waals surface area contributed by atoms with Crippen LogP contribution in [0.2, 0.25) is 0 Å². The summed E-state index contributed by atoms with van der Waals surface area (Å²) >= 11 is 0. The fourth-order valence-electron chi connectivity index (χ4n) is 6.07. The zero-order chi connectivity index (χ0) is 27.7. The van der Waals surface area contributed by atoms with Crippen LogP contribution in [-0.4, -0.2) is 56.9 Å². The van der Waals surface area contributed by atoms with E-state index in [0.717, 1.165) is 50.9 Å². The first-order valence-electron chi connectivity index (χ1n) is 13.4. The summed E-state index contributed by atoms with van der Waals surface area (Å²) < 4.78 is 22.3. The van der Waals surface area contributed by atoms with E-state index in [1.54, 1.807) is 14.2 Å². The number of ether oxygens (including phenoxy) is 4. The Morgan fingerprint density at radius 3 is 2.56 bits per heavy atom. The summed E-state index contributed by atoms with van der Waals surface area (Å²) in [6.45, 7) is 4.73. The highest BCUT2D eigenvalue weighted by Crippen LogP contribution is 2.52. The SMILES string of the molecule is CCOC(=O)C1C(c2cccc3ccccc23)=C(CCC(=O)OC)N2CCC3=CC(C)(OC)C(OC)=CC3=C12. The highest BCUT2D eigenvalue weighted by Gasteiger charge is 2.47. The van der Waals surface area contributed by atoms with Crippen LogP contribution < -0.4 is 0 Å². The summed E-state index contributed by atoms with van der Waals surface area (Å²) in [7, 11) is 4.70. The van der Waals surface area contributed by atoms with Crippen molar-refractivity contribution in [1.29, 1.82) is 0 Å². The van der Waals surface area contributed by atoms with Crippen LogP contribution >= 0.6 is 0 Å².